The quantitative estimate of drug-likeness (QED) is 0.430. The van der Waals surface area contributed by atoms with E-state index < -0.39 is 24.4 Å². The first-order valence-electron chi connectivity index (χ1n) is 8.38. The summed E-state index contributed by atoms with van der Waals surface area (Å²) in [6, 6.07) is 11.7. The number of carboxylic acid groups (broad SMARTS) is 1. The summed E-state index contributed by atoms with van der Waals surface area (Å²) < 4.78 is 5.06. The van der Waals surface area contributed by atoms with E-state index in [1.54, 1.807) is 24.3 Å². The van der Waals surface area contributed by atoms with Crippen LogP contribution in [0, 0.1) is 6.92 Å². The van der Waals surface area contributed by atoms with Gasteiger partial charge in [-0.2, -0.15) is 0 Å². The number of thiocarbonyl (C=S) groups is 1. The zero-order valence-corrected chi connectivity index (χ0v) is 16.7. The Hall–Kier alpha value is -3.23. The predicted octanol–water partition coefficient (Wildman–Crippen LogP) is 2.94. The number of amides is 2. The molecule has 0 aliphatic carbocycles. The van der Waals surface area contributed by atoms with E-state index in [9.17, 15) is 14.4 Å². The van der Waals surface area contributed by atoms with Crippen molar-refractivity contribution < 1.29 is 24.2 Å². The van der Waals surface area contributed by atoms with Gasteiger partial charge in [-0.05, 0) is 60.6 Å². The summed E-state index contributed by atoms with van der Waals surface area (Å²) in [5.41, 5.74) is 1.83. The van der Waals surface area contributed by atoms with E-state index in [0.29, 0.717) is 11.3 Å². The number of aliphatic carboxylic acids is 1. The molecule has 0 saturated carbocycles. The Morgan fingerprint density at radius 3 is 2.69 bits per heavy atom. The Morgan fingerprint density at radius 2 is 2.03 bits per heavy atom. The van der Waals surface area contributed by atoms with Gasteiger partial charge in [0.2, 0.25) is 0 Å². The molecule has 0 unspecified atom stereocenters. The first kappa shape index (κ1) is 20.5. The average molecular weight is 431 g/mol. The van der Waals surface area contributed by atoms with Gasteiger partial charge < -0.3 is 9.84 Å². The first-order chi connectivity index (χ1) is 13.8. The molecule has 0 bridgehead atoms. The van der Waals surface area contributed by atoms with Crippen LogP contribution in [0.25, 0.3) is 6.08 Å². The fraction of sp³-hybridized carbons (Fsp3) is 0.100. The maximum absolute atomic E-state index is 13.0. The van der Waals surface area contributed by atoms with Crippen molar-refractivity contribution in [3.63, 3.8) is 0 Å². The molecule has 0 atom stereocenters. The van der Waals surface area contributed by atoms with E-state index in [1.165, 1.54) is 23.1 Å². The summed E-state index contributed by atoms with van der Waals surface area (Å²) in [4.78, 5) is 37.2. The van der Waals surface area contributed by atoms with Crippen LogP contribution < -0.4 is 15.0 Å². The molecule has 1 aliphatic heterocycles. The summed E-state index contributed by atoms with van der Waals surface area (Å²) in [5.74, 6) is -2.14. The molecule has 1 saturated heterocycles. The Balaban J connectivity index is 1.92. The number of anilines is 1. The second-order valence-corrected chi connectivity index (χ2v) is 6.96. The van der Waals surface area contributed by atoms with Gasteiger partial charge in [-0.3, -0.25) is 19.8 Å². The van der Waals surface area contributed by atoms with Gasteiger partial charge in [0, 0.05) is 0 Å². The molecule has 0 spiro atoms. The van der Waals surface area contributed by atoms with Gasteiger partial charge >= 0.3 is 5.97 Å². The number of hydrogen-bond acceptors (Lipinski definition) is 5. The number of carbonyl (C=O) groups excluding carboxylic acids is 2. The summed E-state index contributed by atoms with van der Waals surface area (Å²) in [7, 11) is 0. The highest BCUT2D eigenvalue weighted by atomic mass is 35.5. The normalized spacial score (nSPS) is 15.4. The van der Waals surface area contributed by atoms with Crippen LogP contribution in [0.1, 0.15) is 11.1 Å². The number of aryl methyl sites for hydroxylation is 1. The van der Waals surface area contributed by atoms with Crippen LogP contribution in [0.5, 0.6) is 5.75 Å². The highest BCUT2D eigenvalue weighted by Gasteiger charge is 2.34. The SMILES string of the molecule is Cc1cccc(N2C(=O)/C(=C/c3ccc(OCC(=O)O)c(Cl)c3)C(=O)NC2=S)c1. The highest BCUT2D eigenvalue weighted by Crippen LogP contribution is 2.28. The van der Waals surface area contributed by atoms with Crippen molar-refractivity contribution >= 4 is 58.5 Å². The third-order valence-electron chi connectivity index (χ3n) is 3.98. The van der Waals surface area contributed by atoms with Crippen molar-refractivity contribution in [3.05, 3.63) is 64.2 Å². The number of ether oxygens (including phenoxy) is 1. The van der Waals surface area contributed by atoms with Crippen LogP contribution >= 0.6 is 23.8 Å². The summed E-state index contributed by atoms with van der Waals surface area (Å²) >= 11 is 11.3. The second-order valence-electron chi connectivity index (χ2n) is 6.17. The standard InChI is InChI=1S/C20H15ClN2O5S/c1-11-3-2-4-13(7-11)23-19(27)14(18(26)22-20(23)29)8-12-5-6-16(15(21)9-12)28-10-17(24)25/h2-9H,10H2,1H3,(H,24,25)(H,22,26,29)/b14-8+. The number of nitrogens with zero attached hydrogens (tertiary/aromatic N) is 1. The lowest BCUT2D eigenvalue weighted by molar-refractivity contribution is -0.139. The Bertz CT molecular complexity index is 1070. The summed E-state index contributed by atoms with van der Waals surface area (Å²) in [5, 5.41) is 11.3. The maximum atomic E-state index is 13.0. The Labute approximate surface area is 176 Å². The van der Waals surface area contributed by atoms with Crippen molar-refractivity contribution in [1.29, 1.82) is 0 Å². The molecular formula is C20H15ClN2O5S. The third-order valence-corrected chi connectivity index (χ3v) is 4.56. The lowest BCUT2D eigenvalue weighted by Crippen LogP contribution is -2.54. The summed E-state index contributed by atoms with van der Waals surface area (Å²) in [6.07, 6.45) is 1.38. The molecular weight excluding hydrogens is 416 g/mol. The molecule has 148 valence electrons. The third kappa shape index (κ3) is 4.61. The number of carbonyl (C=O) groups is 3. The zero-order chi connectivity index (χ0) is 21.1. The van der Waals surface area contributed by atoms with Gasteiger partial charge in [-0.25, -0.2) is 4.79 Å². The molecule has 2 aromatic rings. The van der Waals surface area contributed by atoms with E-state index in [2.05, 4.69) is 5.32 Å². The van der Waals surface area contributed by atoms with Gasteiger partial charge in [0.1, 0.15) is 11.3 Å². The van der Waals surface area contributed by atoms with Crippen LogP contribution in [0.2, 0.25) is 5.02 Å². The molecule has 2 aromatic carbocycles. The van der Waals surface area contributed by atoms with Crippen molar-refractivity contribution in [1.82, 2.24) is 5.32 Å². The van der Waals surface area contributed by atoms with E-state index in [4.69, 9.17) is 33.7 Å². The molecule has 3 rings (SSSR count). The minimum absolute atomic E-state index is 0.00167. The molecule has 1 heterocycles. The number of halogens is 1. The molecule has 0 aromatic heterocycles. The van der Waals surface area contributed by atoms with Crippen LogP contribution in [0.3, 0.4) is 0 Å². The van der Waals surface area contributed by atoms with Crippen LogP contribution in [0.4, 0.5) is 5.69 Å². The van der Waals surface area contributed by atoms with Crippen molar-refractivity contribution in [2.75, 3.05) is 11.5 Å². The lowest BCUT2D eigenvalue weighted by Gasteiger charge is -2.29. The fourth-order valence-electron chi connectivity index (χ4n) is 2.69. The van der Waals surface area contributed by atoms with Crippen LogP contribution in [0.15, 0.2) is 48.0 Å². The number of carboxylic acids is 1. The maximum Gasteiger partial charge on any atom is 0.341 e. The average Bonchev–Trinajstić information content (AvgIpc) is 2.64. The minimum Gasteiger partial charge on any atom is -0.480 e. The molecule has 7 nitrogen and oxygen atoms in total. The number of rotatable bonds is 5. The highest BCUT2D eigenvalue weighted by molar-refractivity contribution is 7.80. The van der Waals surface area contributed by atoms with Gasteiger partial charge in [-0.15, -0.1) is 0 Å². The molecule has 1 aliphatic rings. The van der Waals surface area contributed by atoms with Gasteiger partial charge in [0.15, 0.2) is 11.7 Å². The predicted molar refractivity (Wildman–Crippen MR) is 112 cm³/mol. The number of hydrogen-bond donors (Lipinski definition) is 2. The zero-order valence-electron chi connectivity index (χ0n) is 15.1. The monoisotopic (exact) mass is 430 g/mol. The minimum atomic E-state index is -1.14. The van der Waals surface area contributed by atoms with E-state index in [1.807, 2.05) is 13.0 Å². The van der Waals surface area contributed by atoms with E-state index in [0.717, 1.165) is 5.56 Å². The molecule has 0 radical (unpaired) electrons. The lowest BCUT2D eigenvalue weighted by atomic mass is 10.1. The molecule has 1 fully saturated rings. The van der Waals surface area contributed by atoms with Gasteiger partial charge in [0.25, 0.3) is 11.8 Å². The molecule has 29 heavy (non-hydrogen) atoms. The molecule has 9 heteroatoms. The first-order valence-corrected chi connectivity index (χ1v) is 9.17. The largest absolute Gasteiger partial charge is 0.480 e. The van der Waals surface area contributed by atoms with Crippen molar-refractivity contribution in [3.8, 4) is 5.75 Å². The molecule has 2 N–H and O–H groups in total. The second kappa shape index (κ2) is 8.42. The van der Waals surface area contributed by atoms with E-state index >= 15 is 0 Å². The molecule has 2 amide bonds. The van der Waals surface area contributed by atoms with E-state index in [-0.39, 0.29) is 21.5 Å². The fourth-order valence-corrected chi connectivity index (χ4v) is 3.21. The van der Waals surface area contributed by atoms with Gasteiger partial charge in [0.05, 0.1) is 10.7 Å². The number of benzene rings is 2. The smallest absolute Gasteiger partial charge is 0.341 e. The Kier molecular flexibility index (Phi) is 5.95. The van der Waals surface area contributed by atoms with Gasteiger partial charge in [-0.1, -0.05) is 29.8 Å². The van der Waals surface area contributed by atoms with Crippen LogP contribution in [-0.2, 0) is 14.4 Å². The Morgan fingerprint density at radius 1 is 1.28 bits per heavy atom. The van der Waals surface area contributed by atoms with Crippen molar-refractivity contribution in [2.45, 2.75) is 6.92 Å². The topological polar surface area (TPSA) is 95.9 Å². The van der Waals surface area contributed by atoms with Crippen molar-refractivity contribution in [2.24, 2.45) is 0 Å². The number of nitrogens with one attached hydrogen (secondary N) is 1. The summed E-state index contributed by atoms with van der Waals surface area (Å²) in [6.45, 7) is 1.34. The van der Waals surface area contributed by atoms with Crippen LogP contribution in [-0.4, -0.2) is 34.6 Å².